The molecule has 0 aliphatic rings. The molecule has 2 nitrogen and oxygen atoms in total. The van der Waals surface area contributed by atoms with Crippen LogP contribution in [0.3, 0.4) is 0 Å². The van der Waals surface area contributed by atoms with Crippen LogP contribution >= 0.6 is 23.2 Å². The molecule has 90 valence electrons. The average Bonchev–Trinajstić information content (AvgIpc) is 2.20. The van der Waals surface area contributed by atoms with Crippen LogP contribution in [0.15, 0.2) is 18.2 Å². The van der Waals surface area contributed by atoms with Gasteiger partial charge in [-0.25, -0.2) is 0 Å². The minimum atomic E-state index is -0.426. The second-order valence-corrected chi connectivity index (χ2v) is 5.05. The molecule has 0 aliphatic heterocycles. The molecular weight excluding hydrogens is 245 g/mol. The fourth-order valence-electron chi connectivity index (χ4n) is 1.50. The molecule has 0 aromatic heterocycles. The first-order chi connectivity index (χ1) is 7.44. The molecule has 0 bridgehead atoms. The Morgan fingerprint density at radius 2 is 2.06 bits per heavy atom. The van der Waals surface area contributed by atoms with Crippen molar-refractivity contribution in [2.45, 2.75) is 25.8 Å². The van der Waals surface area contributed by atoms with Crippen LogP contribution in [-0.4, -0.2) is 18.8 Å². The van der Waals surface area contributed by atoms with Crippen LogP contribution in [0.1, 0.15) is 19.4 Å². The fourth-order valence-corrected chi connectivity index (χ4v) is 1.88. The van der Waals surface area contributed by atoms with E-state index in [0.717, 1.165) is 5.56 Å². The predicted octanol–water partition coefficient (Wildman–Crippen LogP) is 3.29. The molecule has 1 unspecified atom stereocenters. The molecule has 0 fully saturated rings. The summed E-state index contributed by atoms with van der Waals surface area (Å²) in [5.41, 5.74) is 6.66. The van der Waals surface area contributed by atoms with Gasteiger partial charge in [0.15, 0.2) is 0 Å². The number of benzene rings is 1. The summed E-state index contributed by atoms with van der Waals surface area (Å²) in [6.45, 7) is 5.06. The van der Waals surface area contributed by atoms with Crippen molar-refractivity contribution in [3.8, 4) is 0 Å². The van der Waals surface area contributed by atoms with Gasteiger partial charge in [-0.3, -0.25) is 0 Å². The van der Waals surface area contributed by atoms with Crippen molar-refractivity contribution in [3.05, 3.63) is 33.8 Å². The van der Waals surface area contributed by atoms with Crippen molar-refractivity contribution >= 4 is 23.2 Å². The maximum atomic E-state index is 6.13. The largest absolute Gasteiger partial charge is 0.380 e. The van der Waals surface area contributed by atoms with Gasteiger partial charge in [0, 0.05) is 22.2 Å². The molecule has 1 aromatic rings. The number of rotatable bonds is 5. The lowest BCUT2D eigenvalue weighted by Crippen LogP contribution is -2.43. The molecular formula is C12H17Cl2NO. The Hall–Kier alpha value is -0.280. The highest BCUT2D eigenvalue weighted by Crippen LogP contribution is 2.24. The van der Waals surface area contributed by atoms with E-state index >= 15 is 0 Å². The number of halogens is 2. The van der Waals surface area contributed by atoms with Gasteiger partial charge in [-0.15, -0.1) is 0 Å². The van der Waals surface area contributed by atoms with E-state index in [9.17, 15) is 0 Å². The number of ether oxygens (including phenoxy) is 1. The third-order valence-corrected chi connectivity index (χ3v) is 2.84. The van der Waals surface area contributed by atoms with Crippen molar-refractivity contribution in [2.24, 2.45) is 5.73 Å². The van der Waals surface area contributed by atoms with Gasteiger partial charge in [0.25, 0.3) is 0 Å². The van der Waals surface area contributed by atoms with E-state index < -0.39 is 5.54 Å². The van der Waals surface area contributed by atoms with Crippen molar-refractivity contribution in [3.63, 3.8) is 0 Å². The summed E-state index contributed by atoms with van der Waals surface area (Å²) in [6.07, 6.45) is 0.645. The van der Waals surface area contributed by atoms with Crippen LogP contribution in [-0.2, 0) is 11.2 Å². The van der Waals surface area contributed by atoms with E-state index in [1.165, 1.54) is 0 Å². The van der Waals surface area contributed by atoms with Crippen molar-refractivity contribution < 1.29 is 4.74 Å². The monoisotopic (exact) mass is 261 g/mol. The zero-order valence-electron chi connectivity index (χ0n) is 9.59. The normalized spacial score (nSPS) is 14.8. The molecule has 1 aromatic carbocycles. The highest BCUT2D eigenvalue weighted by molar-refractivity contribution is 6.33. The number of hydrogen-bond donors (Lipinski definition) is 1. The second-order valence-electron chi connectivity index (χ2n) is 4.20. The van der Waals surface area contributed by atoms with Gasteiger partial charge in [-0.2, -0.15) is 0 Å². The molecule has 0 amide bonds. The molecule has 0 heterocycles. The first-order valence-electron chi connectivity index (χ1n) is 5.25. The maximum absolute atomic E-state index is 6.13. The first-order valence-corrected chi connectivity index (χ1v) is 6.01. The van der Waals surface area contributed by atoms with Crippen LogP contribution < -0.4 is 5.73 Å². The SMILES string of the molecule is CCOCC(C)(N)Cc1cc(Cl)ccc1Cl. The zero-order valence-corrected chi connectivity index (χ0v) is 11.1. The molecule has 0 saturated heterocycles. The lowest BCUT2D eigenvalue weighted by molar-refractivity contribution is 0.101. The fraction of sp³-hybridized carbons (Fsp3) is 0.500. The Morgan fingerprint density at radius 1 is 1.38 bits per heavy atom. The summed E-state index contributed by atoms with van der Waals surface area (Å²) in [5, 5.41) is 1.36. The van der Waals surface area contributed by atoms with Gasteiger partial charge >= 0.3 is 0 Å². The van der Waals surface area contributed by atoms with Gasteiger partial charge in [0.1, 0.15) is 0 Å². The van der Waals surface area contributed by atoms with Crippen LogP contribution in [0.2, 0.25) is 10.0 Å². The zero-order chi connectivity index (χ0) is 12.2. The van der Waals surface area contributed by atoms with E-state index in [2.05, 4.69) is 0 Å². The quantitative estimate of drug-likeness (QED) is 0.883. The molecule has 2 N–H and O–H groups in total. The second kappa shape index (κ2) is 5.87. The van der Waals surface area contributed by atoms with Gasteiger partial charge in [-0.1, -0.05) is 23.2 Å². The minimum Gasteiger partial charge on any atom is -0.380 e. The average molecular weight is 262 g/mol. The Kier molecular flexibility index (Phi) is 5.06. The number of nitrogens with two attached hydrogens (primary N) is 1. The van der Waals surface area contributed by atoms with E-state index in [4.69, 9.17) is 33.7 Å². The Bertz CT molecular complexity index is 353. The number of hydrogen-bond acceptors (Lipinski definition) is 2. The smallest absolute Gasteiger partial charge is 0.0646 e. The Balaban J connectivity index is 2.74. The highest BCUT2D eigenvalue weighted by atomic mass is 35.5. The topological polar surface area (TPSA) is 35.2 Å². The maximum Gasteiger partial charge on any atom is 0.0646 e. The summed E-state index contributed by atoms with van der Waals surface area (Å²) < 4.78 is 5.34. The van der Waals surface area contributed by atoms with Gasteiger partial charge < -0.3 is 10.5 Å². The molecule has 1 atom stereocenters. The van der Waals surface area contributed by atoms with Crippen LogP contribution in [0.25, 0.3) is 0 Å². The van der Waals surface area contributed by atoms with E-state index in [-0.39, 0.29) is 0 Å². The lowest BCUT2D eigenvalue weighted by atomic mass is 9.95. The molecule has 0 aliphatic carbocycles. The molecule has 1 rings (SSSR count). The molecule has 0 saturated carbocycles. The molecule has 0 spiro atoms. The molecule has 0 radical (unpaired) electrons. The van der Waals surface area contributed by atoms with E-state index in [0.29, 0.717) is 29.7 Å². The molecule has 4 heteroatoms. The van der Waals surface area contributed by atoms with Gasteiger partial charge in [0.05, 0.1) is 6.61 Å². The van der Waals surface area contributed by atoms with E-state index in [1.807, 2.05) is 19.9 Å². The van der Waals surface area contributed by atoms with Crippen LogP contribution in [0, 0.1) is 0 Å². The van der Waals surface area contributed by atoms with Crippen LogP contribution in [0.4, 0.5) is 0 Å². The van der Waals surface area contributed by atoms with Crippen molar-refractivity contribution in [1.82, 2.24) is 0 Å². The predicted molar refractivity (Wildman–Crippen MR) is 69.3 cm³/mol. The third-order valence-electron chi connectivity index (χ3n) is 2.24. The minimum absolute atomic E-state index is 0.426. The van der Waals surface area contributed by atoms with Gasteiger partial charge in [-0.05, 0) is 44.0 Å². The summed E-state index contributed by atoms with van der Waals surface area (Å²) in [4.78, 5) is 0. The standard InChI is InChI=1S/C12H17Cl2NO/c1-3-16-8-12(2,15)7-9-6-10(13)4-5-11(9)14/h4-6H,3,7-8,15H2,1-2H3. The Morgan fingerprint density at radius 3 is 2.69 bits per heavy atom. The van der Waals surface area contributed by atoms with Gasteiger partial charge in [0.2, 0.25) is 0 Å². The lowest BCUT2D eigenvalue weighted by Gasteiger charge is -2.24. The highest BCUT2D eigenvalue weighted by Gasteiger charge is 2.20. The summed E-state index contributed by atoms with van der Waals surface area (Å²) in [7, 11) is 0. The summed E-state index contributed by atoms with van der Waals surface area (Å²) in [5.74, 6) is 0. The van der Waals surface area contributed by atoms with E-state index in [1.54, 1.807) is 12.1 Å². The third kappa shape index (κ3) is 4.30. The first kappa shape index (κ1) is 13.8. The Labute approximate surface area is 107 Å². The van der Waals surface area contributed by atoms with Crippen LogP contribution in [0.5, 0.6) is 0 Å². The van der Waals surface area contributed by atoms with Crippen molar-refractivity contribution in [1.29, 1.82) is 0 Å². The molecule has 16 heavy (non-hydrogen) atoms. The summed E-state index contributed by atoms with van der Waals surface area (Å²) >= 11 is 12.0. The van der Waals surface area contributed by atoms with Crippen molar-refractivity contribution in [2.75, 3.05) is 13.2 Å². The summed E-state index contributed by atoms with van der Waals surface area (Å²) in [6, 6.07) is 5.40.